The maximum atomic E-state index is 13.6. The van der Waals surface area contributed by atoms with Crippen molar-refractivity contribution >= 4 is 50.3 Å². The Kier molecular flexibility index (Phi) is 16.6. The van der Waals surface area contributed by atoms with Gasteiger partial charge in [0, 0.05) is 22.2 Å². The molecule has 0 fully saturated rings. The van der Waals surface area contributed by atoms with Crippen LogP contribution in [0.5, 0.6) is 0 Å². The second-order valence-corrected chi connectivity index (χ2v) is 23.3. The highest BCUT2D eigenvalue weighted by molar-refractivity contribution is 6.04. The van der Waals surface area contributed by atoms with Crippen LogP contribution in [-0.2, 0) is 35.0 Å². The first kappa shape index (κ1) is 54.0. The Bertz CT molecular complexity index is 3240. The Morgan fingerprint density at radius 2 is 0.959 bits per heavy atom. The van der Waals surface area contributed by atoms with Gasteiger partial charge in [0.2, 0.25) is 0 Å². The van der Waals surface area contributed by atoms with Crippen molar-refractivity contribution < 1.29 is 9.53 Å². The Hall–Kier alpha value is -6.27. The van der Waals surface area contributed by atoms with Crippen molar-refractivity contribution in [3.05, 3.63) is 152 Å². The predicted molar refractivity (Wildman–Crippen MR) is 316 cm³/mol. The minimum absolute atomic E-state index is 0.0666. The SMILES string of the molecule is CCCCC1=C(C)c2nc1cc1[nH]c(c(C)c1CCCC)c(-c1ccc(C(=O)OCc3ccccc3)cc1)c1nc(cc3[nH]c(c(C)c3CCCC)c2-c2cc(C(C)(C)C)cc(C(C)(C)C)c2)C(CCCC)=C1C. The summed E-state index contributed by atoms with van der Waals surface area (Å²) in [7, 11) is 0. The van der Waals surface area contributed by atoms with E-state index in [0.717, 1.165) is 139 Å². The number of aromatic amines is 2. The lowest BCUT2D eigenvalue weighted by atomic mass is 9.78. The number of nitrogens with one attached hydrogen (secondary N) is 2. The molecule has 0 aliphatic carbocycles. The molecule has 0 radical (unpaired) electrons. The molecule has 2 N–H and O–H groups in total. The quantitative estimate of drug-likeness (QED) is 0.0892. The van der Waals surface area contributed by atoms with Crippen LogP contribution in [0.15, 0.2) is 84.9 Å². The van der Waals surface area contributed by atoms with Crippen LogP contribution < -0.4 is 0 Å². The van der Waals surface area contributed by atoms with Crippen molar-refractivity contribution in [3.63, 3.8) is 0 Å². The maximum Gasteiger partial charge on any atom is 0.338 e. The number of benzene rings is 3. The Balaban J connectivity index is 1.54. The summed E-state index contributed by atoms with van der Waals surface area (Å²) in [6.45, 7) is 32.6. The molecule has 0 atom stereocenters. The molecule has 0 unspecified atom stereocenters. The molecule has 6 nitrogen and oxygen atoms in total. The van der Waals surface area contributed by atoms with Crippen molar-refractivity contribution in [1.29, 1.82) is 0 Å². The zero-order valence-electron chi connectivity index (χ0n) is 47.5. The number of rotatable bonds is 17. The zero-order valence-corrected chi connectivity index (χ0v) is 47.5. The zero-order chi connectivity index (χ0) is 53.1. The number of carbonyl (C=O) groups excluding carboxylic acids is 1. The molecule has 3 aromatic heterocycles. The summed E-state index contributed by atoms with van der Waals surface area (Å²) in [5, 5.41) is 0. The molecule has 3 aromatic carbocycles. The molecule has 0 amide bonds. The van der Waals surface area contributed by atoms with Gasteiger partial charge in [0.05, 0.1) is 39.4 Å². The second-order valence-electron chi connectivity index (χ2n) is 23.3. The van der Waals surface area contributed by atoms with E-state index in [9.17, 15) is 4.79 Å². The number of aryl methyl sites for hydroxylation is 4. The minimum Gasteiger partial charge on any atom is -0.457 e. The summed E-state index contributed by atoms with van der Waals surface area (Å²) in [5.41, 5.74) is 27.2. The first-order valence-electron chi connectivity index (χ1n) is 28.1. The molecule has 2 aliphatic rings. The number of esters is 1. The summed E-state index contributed by atoms with van der Waals surface area (Å²) in [4.78, 5) is 33.5. The number of hydrogen-bond donors (Lipinski definition) is 2. The topological polar surface area (TPSA) is 83.7 Å². The van der Waals surface area contributed by atoms with E-state index in [2.05, 4.69) is 149 Å². The number of allylic oxidation sites excluding steroid dienone is 4. The fourth-order valence-electron chi connectivity index (χ4n) is 11.0. The van der Waals surface area contributed by atoms with Crippen LogP contribution in [0.2, 0.25) is 0 Å². The number of ether oxygens (including phenoxy) is 1. The van der Waals surface area contributed by atoms with E-state index in [-0.39, 0.29) is 23.4 Å². The molecule has 0 saturated heterocycles. The Labute approximate surface area is 443 Å². The van der Waals surface area contributed by atoms with Crippen LogP contribution in [0.4, 0.5) is 0 Å². The highest BCUT2D eigenvalue weighted by atomic mass is 16.5. The molecule has 5 heterocycles. The summed E-state index contributed by atoms with van der Waals surface area (Å²) in [5.74, 6) is -0.341. The molecule has 0 saturated carbocycles. The largest absolute Gasteiger partial charge is 0.457 e. The Morgan fingerprint density at radius 3 is 1.39 bits per heavy atom. The fraction of sp³-hybridized carbons (Fsp3) is 0.426. The normalized spacial score (nSPS) is 13.1. The molecular weight excluding hydrogens is 905 g/mol. The van der Waals surface area contributed by atoms with Gasteiger partial charge in [0.15, 0.2) is 0 Å². The summed E-state index contributed by atoms with van der Waals surface area (Å²) >= 11 is 0. The van der Waals surface area contributed by atoms with E-state index >= 15 is 0 Å². The van der Waals surface area contributed by atoms with Gasteiger partial charge in [-0.25, -0.2) is 14.8 Å². The monoisotopic (exact) mass is 989 g/mol. The average molecular weight is 989 g/mol. The van der Waals surface area contributed by atoms with Crippen molar-refractivity contribution in [2.45, 2.75) is 191 Å². The van der Waals surface area contributed by atoms with E-state index in [1.165, 1.54) is 66.8 Å². The summed E-state index contributed by atoms with van der Waals surface area (Å²) in [6.07, 6.45) is 12.4. The van der Waals surface area contributed by atoms with Crippen molar-refractivity contribution in [1.82, 2.24) is 19.9 Å². The molecule has 8 rings (SSSR count). The number of carbonyl (C=O) groups is 1. The van der Waals surface area contributed by atoms with Gasteiger partial charge in [-0.05, 0) is 187 Å². The van der Waals surface area contributed by atoms with Gasteiger partial charge in [-0.15, -0.1) is 0 Å². The maximum absolute atomic E-state index is 13.6. The molecule has 74 heavy (non-hydrogen) atoms. The second kappa shape index (κ2) is 22.7. The van der Waals surface area contributed by atoms with E-state index in [1.54, 1.807) is 0 Å². The Morgan fingerprint density at radius 1 is 0.527 bits per heavy atom. The van der Waals surface area contributed by atoms with Crippen LogP contribution in [0.3, 0.4) is 0 Å². The first-order valence-corrected chi connectivity index (χ1v) is 28.1. The first-order chi connectivity index (χ1) is 35.4. The smallest absolute Gasteiger partial charge is 0.338 e. The number of aromatic nitrogens is 4. The van der Waals surface area contributed by atoms with E-state index < -0.39 is 0 Å². The molecule has 2 aliphatic heterocycles. The third kappa shape index (κ3) is 11.2. The summed E-state index contributed by atoms with van der Waals surface area (Å²) < 4.78 is 5.82. The van der Waals surface area contributed by atoms with Gasteiger partial charge in [0.25, 0.3) is 0 Å². The lowest BCUT2D eigenvalue weighted by Gasteiger charge is -2.26. The van der Waals surface area contributed by atoms with E-state index in [4.69, 9.17) is 14.7 Å². The molecular formula is C68H84N4O2. The summed E-state index contributed by atoms with van der Waals surface area (Å²) in [6, 6.07) is 30.0. The molecule has 6 aromatic rings. The van der Waals surface area contributed by atoms with E-state index in [1.807, 2.05) is 42.5 Å². The van der Waals surface area contributed by atoms with Crippen molar-refractivity contribution in [3.8, 4) is 22.3 Å². The lowest BCUT2D eigenvalue weighted by Crippen LogP contribution is -2.16. The van der Waals surface area contributed by atoms with Crippen LogP contribution in [-0.4, -0.2) is 25.9 Å². The number of unbranched alkanes of at least 4 members (excludes halogenated alkanes) is 4. The number of fused-ring (bicyclic) bond motifs is 8. The molecule has 6 heteroatoms. The van der Waals surface area contributed by atoms with E-state index in [0.29, 0.717) is 5.56 Å². The highest BCUT2D eigenvalue weighted by Crippen LogP contribution is 2.46. The molecule has 0 spiro atoms. The number of H-pyrrole nitrogens is 2. The van der Waals surface area contributed by atoms with Gasteiger partial charge < -0.3 is 14.7 Å². The predicted octanol–water partition coefficient (Wildman–Crippen LogP) is 19.1. The molecule has 388 valence electrons. The van der Waals surface area contributed by atoms with Crippen LogP contribution in [0.1, 0.15) is 219 Å². The number of hydrogen-bond acceptors (Lipinski definition) is 4. The van der Waals surface area contributed by atoms with Gasteiger partial charge in [-0.1, -0.05) is 156 Å². The van der Waals surface area contributed by atoms with Gasteiger partial charge in [-0.3, -0.25) is 0 Å². The third-order valence-electron chi connectivity index (χ3n) is 15.8. The van der Waals surface area contributed by atoms with Crippen LogP contribution in [0, 0.1) is 13.8 Å². The average Bonchev–Trinajstić information content (AvgIpc) is 4.06. The third-order valence-corrected chi connectivity index (χ3v) is 15.8. The number of nitrogens with zero attached hydrogens (tertiary/aromatic N) is 2. The van der Waals surface area contributed by atoms with Gasteiger partial charge >= 0.3 is 5.97 Å². The van der Waals surface area contributed by atoms with Crippen LogP contribution in [0.25, 0.3) is 66.6 Å². The van der Waals surface area contributed by atoms with Crippen LogP contribution >= 0.6 is 0 Å². The standard InChI is InChI=1S/C68H84N4O2/c1-15-19-28-52-42(5)62-60(47-32-34-48(35-33-47)66(73)74-41-46-26-24-23-25-27-46)63-43(6)53(29-20-16-2)57(70-63)40-59-55(31-22-18-4)45(8)65(72-59)61(49-36-50(67(9,10)11)38-51(37-49)68(12,13)14)64-44(7)54(30-21-17-3)58(71-64)39-56(52)69-62/h23-27,32-40,69,72H,15-22,28-31,41H2,1-14H3. The van der Waals surface area contributed by atoms with Gasteiger partial charge in [0.1, 0.15) is 6.61 Å². The lowest BCUT2D eigenvalue weighted by molar-refractivity contribution is 0.0472. The van der Waals surface area contributed by atoms with Gasteiger partial charge in [-0.2, -0.15) is 0 Å². The van der Waals surface area contributed by atoms with Crippen molar-refractivity contribution in [2.24, 2.45) is 0 Å². The van der Waals surface area contributed by atoms with Crippen molar-refractivity contribution in [2.75, 3.05) is 0 Å². The highest BCUT2D eigenvalue weighted by Gasteiger charge is 2.29. The molecule has 8 bridgehead atoms. The fourth-order valence-corrected chi connectivity index (χ4v) is 11.0. The minimum atomic E-state index is -0.341.